The summed E-state index contributed by atoms with van der Waals surface area (Å²) < 4.78 is 12.9. The molecule has 0 unspecified atom stereocenters. The minimum Gasteiger partial charge on any atom is -0.507 e. The Morgan fingerprint density at radius 3 is 2.00 bits per heavy atom. The first-order valence-corrected chi connectivity index (χ1v) is 8.13. The highest BCUT2D eigenvalue weighted by molar-refractivity contribution is 5.71. The first kappa shape index (κ1) is 15.6. The van der Waals surface area contributed by atoms with Gasteiger partial charge in [0.05, 0.1) is 0 Å². The van der Waals surface area contributed by atoms with Crippen molar-refractivity contribution in [3.63, 3.8) is 0 Å². The Bertz CT molecular complexity index is 675. The Hall–Kier alpha value is -2.29. The topological polar surface area (TPSA) is 40.5 Å². The third-order valence-corrected chi connectivity index (χ3v) is 4.51. The Morgan fingerprint density at radius 2 is 1.39 bits per heavy atom. The van der Waals surface area contributed by atoms with E-state index in [0.717, 1.165) is 36.8 Å². The molecule has 0 amide bonds. The van der Waals surface area contributed by atoms with Gasteiger partial charge >= 0.3 is 0 Å². The van der Waals surface area contributed by atoms with Crippen LogP contribution in [0.3, 0.4) is 0 Å². The minimum absolute atomic E-state index is 0.163. The molecule has 0 aliphatic heterocycles. The van der Waals surface area contributed by atoms with Crippen molar-refractivity contribution in [2.24, 2.45) is 0 Å². The van der Waals surface area contributed by atoms with Gasteiger partial charge in [-0.25, -0.2) is 4.39 Å². The third-order valence-electron chi connectivity index (χ3n) is 4.51. The van der Waals surface area contributed by atoms with Gasteiger partial charge < -0.3 is 10.2 Å². The molecule has 2 aromatic carbocycles. The Morgan fingerprint density at radius 1 is 0.826 bits per heavy atom. The van der Waals surface area contributed by atoms with Crippen LogP contribution in [-0.4, -0.2) is 10.2 Å². The lowest BCUT2D eigenvalue weighted by Crippen LogP contribution is -2.05. The predicted octanol–water partition coefficient (Wildman–Crippen LogP) is 5.46. The molecule has 2 nitrogen and oxygen atoms in total. The number of aromatic hydroxyl groups is 2. The maximum Gasteiger partial charge on any atom is 0.123 e. The summed E-state index contributed by atoms with van der Waals surface area (Å²) in [6.45, 7) is 0. The molecule has 0 atom stereocenters. The summed E-state index contributed by atoms with van der Waals surface area (Å²) in [5, 5.41) is 20.6. The summed E-state index contributed by atoms with van der Waals surface area (Å²) in [6, 6.07) is 9.54. The van der Waals surface area contributed by atoms with Crippen molar-refractivity contribution in [2.45, 2.75) is 38.0 Å². The summed E-state index contributed by atoms with van der Waals surface area (Å²) in [7, 11) is 0. The molecule has 0 spiro atoms. The van der Waals surface area contributed by atoms with Crippen LogP contribution >= 0.6 is 0 Å². The van der Waals surface area contributed by atoms with Crippen LogP contribution in [0.4, 0.5) is 4.39 Å². The van der Waals surface area contributed by atoms with Crippen molar-refractivity contribution >= 4 is 12.2 Å². The number of halogens is 1. The van der Waals surface area contributed by atoms with Crippen LogP contribution in [0.25, 0.3) is 12.2 Å². The van der Waals surface area contributed by atoms with E-state index >= 15 is 0 Å². The van der Waals surface area contributed by atoms with Crippen molar-refractivity contribution in [3.8, 4) is 11.5 Å². The first-order valence-electron chi connectivity index (χ1n) is 8.13. The highest BCUT2D eigenvalue weighted by Crippen LogP contribution is 2.42. The fourth-order valence-electron chi connectivity index (χ4n) is 3.32. The summed E-state index contributed by atoms with van der Waals surface area (Å²) in [5.41, 5.74) is 2.27. The van der Waals surface area contributed by atoms with Crippen molar-refractivity contribution < 1.29 is 14.6 Å². The summed E-state index contributed by atoms with van der Waals surface area (Å²) in [5.74, 6) is 0.305. The van der Waals surface area contributed by atoms with Crippen LogP contribution in [0.15, 0.2) is 36.4 Å². The van der Waals surface area contributed by atoms with Gasteiger partial charge in [-0.05, 0) is 54.2 Å². The first-order chi connectivity index (χ1) is 11.1. The normalized spacial score (nSPS) is 16.0. The van der Waals surface area contributed by atoms with Gasteiger partial charge in [0, 0.05) is 5.56 Å². The smallest absolute Gasteiger partial charge is 0.123 e. The lowest BCUT2D eigenvalue weighted by molar-refractivity contribution is 0.389. The molecule has 1 saturated carbocycles. The Labute approximate surface area is 135 Å². The SMILES string of the molecule is Oc1cc(C=Cc2ccc(F)cc2)cc(O)c1C1CCCCC1. The Balaban J connectivity index is 1.82. The fourth-order valence-corrected chi connectivity index (χ4v) is 3.32. The van der Waals surface area contributed by atoms with Gasteiger partial charge in [0.2, 0.25) is 0 Å². The van der Waals surface area contributed by atoms with Gasteiger partial charge in [-0.15, -0.1) is 0 Å². The van der Waals surface area contributed by atoms with Crippen molar-refractivity contribution in [3.05, 3.63) is 58.9 Å². The van der Waals surface area contributed by atoms with Gasteiger partial charge in [-0.1, -0.05) is 43.5 Å². The average Bonchev–Trinajstić information content (AvgIpc) is 2.55. The van der Waals surface area contributed by atoms with Gasteiger partial charge in [0.15, 0.2) is 0 Å². The van der Waals surface area contributed by atoms with E-state index in [2.05, 4.69) is 0 Å². The predicted molar refractivity (Wildman–Crippen MR) is 90.9 cm³/mol. The van der Waals surface area contributed by atoms with Crippen LogP contribution in [0.2, 0.25) is 0 Å². The summed E-state index contributed by atoms with van der Waals surface area (Å²) in [4.78, 5) is 0. The molecule has 1 aliphatic carbocycles. The number of hydrogen-bond acceptors (Lipinski definition) is 2. The molecule has 3 rings (SSSR count). The van der Waals surface area contributed by atoms with Crippen molar-refractivity contribution in [1.29, 1.82) is 0 Å². The number of phenolic OH excluding ortho intramolecular Hbond substituents is 2. The van der Waals surface area contributed by atoms with E-state index in [9.17, 15) is 14.6 Å². The van der Waals surface area contributed by atoms with E-state index in [1.54, 1.807) is 30.3 Å². The molecule has 1 fully saturated rings. The van der Waals surface area contributed by atoms with Gasteiger partial charge in [0.1, 0.15) is 17.3 Å². The quantitative estimate of drug-likeness (QED) is 0.739. The Kier molecular flexibility index (Phi) is 4.65. The molecule has 0 radical (unpaired) electrons. The van der Waals surface area contributed by atoms with E-state index in [1.807, 2.05) is 6.08 Å². The molecular weight excluding hydrogens is 291 g/mol. The zero-order chi connectivity index (χ0) is 16.2. The summed E-state index contributed by atoms with van der Waals surface area (Å²) >= 11 is 0. The summed E-state index contributed by atoms with van der Waals surface area (Å²) in [6.07, 6.45) is 9.20. The molecule has 0 saturated heterocycles. The van der Waals surface area contributed by atoms with E-state index in [1.165, 1.54) is 18.6 Å². The van der Waals surface area contributed by atoms with Crippen molar-refractivity contribution in [2.75, 3.05) is 0 Å². The lowest BCUT2D eigenvalue weighted by Gasteiger charge is -2.23. The largest absolute Gasteiger partial charge is 0.507 e. The highest BCUT2D eigenvalue weighted by atomic mass is 19.1. The lowest BCUT2D eigenvalue weighted by atomic mass is 9.83. The fraction of sp³-hybridized carbons (Fsp3) is 0.300. The van der Waals surface area contributed by atoms with Crippen LogP contribution in [-0.2, 0) is 0 Å². The maximum atomic E-state index is 12.9. The zero-order valence-corrected chi connectivity index (χ0v) is 13.0. The van der Waals surface area contributed by atoms with Gasteiger partial charge in [0.25, 0.3) is 0 Å². The van der Waals surface area contributed by atoms with Gasteiger partial charge in [-0.3, -0.25) is 0 Å². The highest BCUT2D eigenvalue weighted by Gasteiger charge is 2.22. The van der Waals surface area contributed by atoms with E-state index < -0.39 is 0 Å². The van der Waals surface area contributed by atoms with E-state index in [-0.39, 0.29) is 23.2 Å². The third kappa shape index (κ3) is 3.73. The minimum atomic E-state index is -0.269. The molecule has 23 heavy (non-hydrogen) atoms. The molecule has 2 N–H and O–H groups in total. The molecular formula is C20H21FO2. The number of phenols is 2. The zero-order valence-electron chi connectivity index (χ0n) is 13.0. The molecule has 3 heteroatoms. The maximum absolute atomic E-state index is 12.9. The molecule has 0 heterocycles. The second-order valence-corrected chi connectivity index (χ2v) is 6.19. The second kappa shape index (κ2) is 6.86. The number of benzene rings is 2. The number of rotatable bonds is 3. The van der Waals surface area contributed by atoms with Gasteiger partial charge in [-0.2, -0.15) is 0 Å². The van der Waals surface area contributed by atoms with Crippen LogP contribution < -0.4 is 0 Å². The van der Waals surface area contributed by atoms with Crippen LogP contribution in [0.5, 0.6) is 11.5 Å². The van der Waals surface area contributed by atoms with Crippen LogP contribution in [0.1, 0.15) is 54.7 Å². The number of hydrogen-bond donors (Lipinski definition) is 2. The van der Waals surface area contributed by atoms with Crippen LogP contribution in [0, 0.1) is 5.82 Å². The molecule has 0 bridgehead atoms. The monoisotopic (exact) mass is 312 g/mol. The van der Waals surface area contributed by atoms with E-state index in [4.69, 9.17) is 0 Å². The average molecular weight is 312 g/mol. The molecule has 0 aromatic heterocycles. The molecule has 120 valence electrons. The van der Waals surface area contributed by atoms with Crippen molar-refractivity contribution in [1.82, 2.24) is 0 Å². The molecule has 1 aliphatic rings. The molecule has 2 aromatic rings. The van der Waals surface area contributed by atoms with E-state index in [0.29, 0.717) is 5.56 Å². The standard InChI is InChI=1S/C20H21FO2/c21-17-10-8-14(9-11-17)6-7-15-12-18(22)20(19(23)13-15)16-4-2-1-3-5-16/h6-13,16,22-23H,1-5H2. The second-order valence-electron chi connectivity index (χ2n) is 6.19.